The van der Waals surface area contributed by atoms with E-state index in [1.54, 1.807) is 31.4 Å². The van der Waals surface area contributed by atoms with Gasteiger partial charge in [0, 0.05) is 181 Å². The Balaban J connectivity index is 0.764. The number of carbonyl (C=O) groups excluding carboxylic acids is 12. The number of hydrogen-bond donors (Lipinski definition) is 8. The highest BCUT2D eigenvalue weighted by molar-refractivity contribution is 8.76. The van der Waals surface area contributed by atoms with Crippen LogP contribution in [0.4, 0.5) is 0 Å². The topological polar surface area (TPSA) is 348 Å². The Bertz CT molecular complexity index is 1980. The zero-order chi connectivity index (χ0) is 53.3. The van der Waals surface area contributed by atoms with Gasteiger partial charge >= 0.3 is 0 Å². The average molecular weight is 1080 g/mol. The summed E-state index contributed by atoms with van der Waals surface area (Å²) in [5, 5.41) is 16.6. The van der Waals surface area contributed by atoms with Crippen molar-refractivity contribution >= 4 is 92.5 Å². The summed E-state index contributed by atoms with van der Waals surface area (Å²) in [7, 11) is 3.09. The number of nitrogens with zero attached hydrogens (tertiary/aromatic N) is 6. The normalized spacial score (nSPS) is 23.9. The van der Waals surface area contributed by atoms with E-state index in [1.165, 1.54) is 19.6 Å². The molecule has 12 amide bonds. The molecule has 6 aliphatic rings. The fourth-order valence-electron chi connectivity index (χ4n) is 9.91. The lowest BCUT2D eigenvalue weighted by molar-refractivity contribution is -0.130. The Hall–Kier alpha value is -5.74. The largest absolute Gasteiger partial charge is 0.355 e. The predicted octanol–water partition coefficient (Wildman–Crippen LogP) is -5.93. The predicted molar refractivity (Wildman–Crippen MR) is 269 cm³/mol. The molecule has 0 radical (unpaired) electrons. The second kappa shape index (κ2) is 28.2. The van der Waals surface area contributed by atoms with Crippen molar-refractivity contribution in [1.29, 1.82) is 0 Å². The summed E-state index contributed by atoms with van der Waals surface area (Å²) in [5.41, 5.74) is 10.9. The molecule has 0 aliphatic carbocycles. The minimum atomic E-state index is -0.572. The van der Waals surface area contributed by atoms with Crippen molar-refractivity contribution in [3.8, 4) is 0 Å². The Morgan fingerprint density at radius 1 is 0.338 bits per heavy atom. The van der Waals surface area contributed by atoms with Crippen LogP contribution in [0.3, 0.4) is 0 Å². The lowest BCUT2D eigenvalue weighted by atomic mass is 10.1. The fraction of sp³-hybridized carbons (Fsp3) is 0.739. The zero-order valence-electron chi connectivity index (χ0n) is 41.8. The van der Waals surface area contributed by atoms with Crippen molar-refractivity contribution in [2.24, 2.45) is 47.0 Å². The SMILES string of the molecule is NCCNC(=O)C1CC(=O)N(CCNC(=O)C2CC(=O)N(CCNC(=O)C3CC(=O)N(CCSSCCN4CC(C(=O)NCCN5CC(C(=O)NCCN6CC(C(=O)NCCN)CC6=O)CC5=O)CC4=O)C3)C2)C1. The second-order valence-electron chi connectivity index (χ2n) is 19.4. The molecule has 28 heteroatoms. The Labute approximate surface area is 437 Å². The molecule has 0 aromatic rings. The molecular weight excluding hydrogens is 1000 g/mol. The van der Waals surface area contributed by atoms with Gasteiger partial charge in [0.2, 0.25) is 70.9 Å². The lowest BCUT2D eigenvalue weighted by Crippen LogP contribution is -2.41. The lowest BCUT2D eigenvalue weighted by Gasteiger charge is -2.19. The van der Waals surface area contributed by atoms with E-state index in [0.29, 0.717) is 50.8 Å². The van der Waals surface area contributed by atoms with Crippen LogP contribution in [0.15, 0.2) is 0 Å². The molecule has 6 rings (SSSR count). The first kappa shape index (κ1) is 57.5. The van der Waals surface area contributed by atoms with Crippen LogP contribution in [0.25, 0.3) is 0 Å². The maximum absolute atomic E-state index is 13.0. The van der Waals surface area contributed by atoms with Gasteiger partial charge in [-0.2, -0.15) is 0 Å². The number of hydrogen-bond acceptors (Lipinski definition) is 16. The second-order valence-corrected chi connectivity index (χ2v) is 22.1. The van der Waals surface area contributed by atoms with Crippen LogP contribution in [0, 0.1) is 35.5 Å². The van der Waals surface area contributed by atoms with E-state index >= 15 is 0 Å². The van der Waals surface area contributed by atoms with Crippen molar-refractivity contribution in [3.63, 3.8) is 0 Å². The molecule has 6 unspecified atom stereocenters. The number of nitrogens with one attached hydrogen (secondary N) is 6. The number of likely N-dealkylation sites (tertiary alicyclic amines) is 6. The van der Waals surface area contributed by atoms with E-state index in [1.807, 2.05) is 0 Å². The van der Waals surface area contributed by atoms with Crippen molar-refractivity contribution in [3.05, 3.63) is 0 Å². The van der Waals surface area contributed by atoms with Gasteiger partial charge in [-0.3, -0.25) is 57.5 Å². The first-order valence-corrected chi connectivity index (χ1v) is 28.0. The van der Waals surface area contributed by atoms with E-state index < -0.39 is 35.5 Å². The summed E-state index contributed by atoms with van der Waals surface area (Å²) in [6, 6.07) is 0. The first-order chi connectivity index (χ1) is 35.5. The van der Waals surface area contributed by atoms with Gasteiger partial charge in [-0.05, 0) is 0 Å². The molecule has 74 heavy (non-hydrogen) atoms. The molecule has 10 N–H and O–H groups in total. The third kappa shape index (κ3) is 16.4. The summed E-state index contributed by atoms with van der Waals surface area (Å²) in [6.07, 6.45) is 0.419. The first-order valence-electron chi connectivity index (χ1n) is 25.5. The maximum atomic E-state index is 13.0. The molecule has 6 saturated heterocycles. The van der Waals surface area contributed by atoms with Crippen LogP contribution >= 0.6 is 21.6 Å². The van der Waals surface area contributed by atoms with Gasteiger partial charge in [-0.25, -0.2) is 0 Å². The molecule has 410 valence electrons. The highest BCUT2D eigenvalue weighted by Crippen LogP contribution is 2.26. The van der Waals surface area contributed by atoms with Crippen LogP contribution in [-0.4, -0.2) is 243 Å². The maximum Gasteiger partial charge on any atom is 0.225 e. The quantitative estimate of drug-likeness (QED) is 0.0255. The molecule has 6 fully saturated rings. The van der Waals surface area contributed by atoms with E-state index in [-0.39, 0.29) is 201 Å². The van der Waals surface area contributed by atoms with Crippen molar-refractivity contribution in [1.82, 2.24) is 61.3 Å². The summed E-state index contributed by atoms with van der Waals surface area (Å²) in [4.78, 5) is 161. The Morgan fingerprint density at radius 3 is 0.730 bits per heavy atom. The van der Waals surface area contributed by atoms with Crippen molar-refractivity contribution in [2.45, 2.75) is 38.5 Å². The van der Waals surface area contributed by atoms with Crippen LogP contribution < -0.4 is 43.4 Å². The Morgan fingerprint density at radius 2 is 0.527 bits per heavy atom. The summed E-state index contributed by atoms with van der Waals surface area (Å²) >= 11 is 0. The highest BCUT2D eigenvalue weighted by Gasteiger charge is 2.40. The molecule has 0 aromatic carbocycles. The van der Waals surface area contributed by atoms with Crippen molar-refractivity contribution < 1.29 is 57.5 Å². The van der Waals surface area contributed by atoms with Gasteiger partial charge < -0.3 is 72.8 Å². The van der Waals surface area contributed by atoms with E-state index in [0.717, 1.165) is 0 Å². The number of amides is 12. The van der Waals surface area contributed by atoms with Crippen LogP contribution in [0.2, 0.25) is 0 Å². The monoisotopic (exact) mass is 1080 g/mol. The number of nitrogens with two attached hydrogens (primary N) is 2. The van der Waals surface area contributed by atoms with E-state index in [4.69, 9.17) is 11.5 Å². The minimum Gasteiger partial charge on any atom is -0.355 e. The smallest absolute Gasteiger partial charge is 0.225 e. The fourth-order valence-corrected chi connectivity index (χ4v) is 11.9. The third-order valence-corrected chi connectivity index (χ3v) is 16.5. The summed E-state index contributed by atoms with van der Waals surface area (Å²) in [6.45, 7) is 5.23. The molecule has 6 aliphatic heterocycles. The molecule has 6 heterocycles. The van der Waals surface area contributed by atoms with Gasteiger partial charge in [-0.1, -0.05) is 21.6 Å². The summed E-state index contributed by atoms with van der Waals surface area (Å²) in [5.74, 6) is -4.55. The number of carbonyl (C=O) groups is 12. The molecule has 6 atom stereocenters. The Kier molecular flexibility index (Phi) is 22.0. The van der Waals surface area contributed by atoms with Crippen LogP contribution in [0.5, 0.6) is 0 Å². The van der Waals surface area contributed by atoms with Crippen LogP contribution in [-0.2, 0) is 57.5 Å². The standard InChI is InChI=1S/C46H72N14O12S2/c47-1-3-49-41(67)29-17-35(61)55(23-29)9-5-51-43(69)31-19-37(63)57(25-31)11-7-53-45(71)33-21-39(65)59(27-33)13-15-73-74-16-14-60-28-34(22-40(60)66)46(72)54-8-12-58-26-32(20-38(58)64)44(70)52-6-10-56-24-30(18-36(56)62)42(68)50-4-2-48/h29-34H,1-28,47-48H2,(H,49,67)(H,50,68)(H,51,69)(H,52,70)(H,53,71)(H,54,72). The van der Waals surface area contributed by atoms with Crippen LogP contribution in [0.1, 0.15) is 38.5 Å². The molecule has 0 bridgehead atoms. The van der Waals surface area contributed by atoms with Gasteiger partial charge in [0.05, 0.1) is 35.5 Å². The van der Waals surface area contributed by atoms with Crippen molar-refractivity contribution in [2.75, 3.05) is 142 Å². The molecular formula is C46H72N14O12S2. The molecule has 0 spiro atoms. The molecule has 26 nitrogen and oxygen atoms in total. The third-order valence-electron chi connectivity index (χ3n) is 14.1. The summed E-state index contributed by atoms with van der Waals surface area (Å²) < 4.78 is 0. The highest BCUT2D eigenvalue weighted by atomic mass is 33.1. The van der Waals surface area contributed by atoms with Gasteiger partial charge in [-0.15, -0.1) is 0 Å². The average Bonchev–Trinajstić information content (AvgIpc) is 4.25. The van der Waals surface area contributed by atoms with Gasteiger partial charge in [0.25, 0.3) is 0 Å². The van der Waals surface area contributed by atoms with Gasteiger partial charge in [0.15, 0.2) is 0 Å². The molecule has 0 saturated carbocycles. The minimum absolute atomic E-state index is 0.0290. The van der Waals surface area contributed by atoms with E-state index in [9.17, 15) is 57.5 Å². The zero-order valence-corrected chi connectivity index (χ0v) is 43.4. The van der Waals surface area contributed by atoms with E-state index in [2.05, 4.69) is 31.9 Å². The molecule has 0 aromatic heterocycles. The number of rotatable bonds is 29. The van der Waals surface area contributed by atoms with Gasteiger partial charge in [0.1, 0.15) is 0 Å².